The number of primary amides is 1. The van der Waals surface area contributed by atoms with Gasteiger partial charge in [0.15, 0.2) is 0 Å². The summed E-state index contributed by atoms with van der Waals surface area (Å²) in [5.74, 6) is -0.297. The molecule has 26 heavy (non-hydrogen) atoms. The summed E-state index contributed by atoms with van der Waals surface area (Å²) in [4.78, 5) is 12.1. The number of nitrogens with two attached hydrogens (primary N) is 1. The van der Waals surface area contributed by atoms with Gasteiger partial charge < -0.3 is 10.2 Å². The quantitative estimate of drug-likeness (QED) is 0.685. The van der Waals surface area contributed by atoms with Gasteiger partial charge in [-0.05, 0) is 55.0 Å². The predicted molar refractivity (Wildman–Crippen MR) is 103 cm³/mol. The highest BCUT2D eigenvalue weighted by Crippen LogP contribution is 2.45. The van der Waals surface area contributed by atoms with Crippen LogP contribution >= 0.6 is 0 Å². The molecule has 3 nitrogen and oxygen atoms in total. The van der Waals surface area contributed by atoms with E-state index in [0.717, 1.165) is 18.4 Å². The Bertz CT molecular complexity index is 622. The van der Waals surface area contributed by atoms with Crippen LogP contribution in [-0.4, -0.2) is 26.6 Å². The molecule has 1 aromatic carbocycles. The number of alkyl halides is 1. The van der Waals surface area contributed by atoms with Crippen molar-refractivity contribution in [3.8, 4) is 0 Å². The van der Waals surface area contributed by atoms with E-state index in [-0.39, 0.29) is 22.5 Å². The molecule has 2 N–H and O–H groups in total. The minimum Gasteiger partial charge on any atom is -0.404 e. The third kappa shape index (κ3) is 4.17. The monoisotopic (exact) mass is 382 g/mol. The Labute approximate surface area is 156 Å². The van der Waals surface area contributed by atoms with Crippen LogP contribution in [-0.2, 0) is 9.84 Å². The zero-order valence-electron chi connectivity index (χ0n) is 16.1. The summed E-state index contributed by atoms with van der Waals surface area (Å²) in [5.41, 5.74) is 5.87. The first-order valence-electron chi connectivity index (χ1n) is 9.18. The molecule has 1 atom stereocenters. The van der Waals surface area contributed by atoms with Crippen LogP contribution in [0.1, 0.15) is 52.0 Å². The van der Waals surface area contributed by atoms with Gasteiger partial charge in [0, 0.05) is 17.9 Å². The summed E-state index contributed by atoms with van der Waals surface area (Å²) in [6, 6.07) is 6.31. The molecule has 0 bridgehead atoms. The Morgan fingerprint density at radius 2 is 1.85 bits per heavy atom. The number of carbonyl (C=O) groups excluding carboxylic acids is 1. The molecular weight excluding hydrogens is 352 g/mol. The molecule has 1 unspecified atom stereocenters. The normalized spacial score (nSPS) is 26.3. The smallest absolute Gasteiger partial charge is 0.294 e. The molecule has 1 aliphatic rings. The van der Waals surface area contributed by atoms with Crippen molar-refractivity contribution in [3.63, 3.8) is 0 Å². The maximum Gasteiger partial charge on any atom is 0.294 e. The summed E-state index contributed by atoms with van der Waals surface area (Å²) in [5, 5.41) is -0.296. The van der Waals surface area contributed by atoms with Crippen LogP contribution < -0.4 is 5.73 Å². The van der Waals surface area contributed by atoms with Gasteiger partial charge in [0.2, 0.25) is 5.53 Å². The highest BCUT2D eigenvalue weighted by Gasteiger charge is 2.50. The molecule has 1 aromatic rings. The molecule has 0 aromatic heterocycles. The summed E-state index contributed by atoms with van der Waals surface area (Å²) in [6.45, 7) is 7.33. The van der Waals surface area contributed by atoms with Gasteiger partial charge in [-0.25, -0.2) is 4.39 Å². The number of halogens is 2. The van der Waals surface area contributed by atoms with Crippen molar-refractivity contribution in [2.24, 2.45) is 5.73 Å². The maximum absolute atomic E-state index is 13.3. The summed E-state index contributed by atoms with van der Waals surface area (Å²) >= 11 is 0. The first kappa shape index (κ1) is 21.0. The zero-order chi connectivity index (χ0) is 19.6. The van der Waals surface area contributed by atoms with E-state index in [9.17, 15) is 13.6 Å². The second kappa shape index (κ2) is 7.77. The van der Waals surface area contributed by atoms with Crippen LogP contribution in [0.4, 0.5) is 13.6 Å². The lowest BCUT2D eigenvalue weighted by atomic mass is 9.67. The second-order valence-corrected chi connectivity index (χ2v) is 12.8. The third-order valence-electron chi connectivity index (χ3n) is 6.02. The molecule has 6 heteroatoms. The fourth-order valence-electron chi connectivity index (χ4n) is 3.70. The van der Waals surface area contributed by atoms with E-state index in [1.54, 1.807) is 18.6 Å². The average molecular weight is 383 g/mol. The molecule has 1 saturated carbocycles. The Morgan fingerprint density at radius 1 is 1.31 bits per heavy atom. The zero-order valence-corrected chi connectivity index (χ0v) is 17.1. The Hall–Kier alpha value is -1.27. The van der Waals surface area contributed by atoms with Crippen LogP contribution in [0, 0.1) is 12.2 Å². The first-order valence-corrected chi connectivity index (χ1v) is 11.6. The van der Waals surface area contributed by atoms with Gasteiger partial charge in [-0.1, -0.05) is 32.9 Å². The molecule has 1 amide bonds. The second-order valence-electron chi connectivity index (χ2n) is 8.49. The van der Waals surface area contributed by atoms with Gasteiger partial charge >= 0.3 is 0 Å². The van der Waals surface area contributed by atoms with Crippen molar-refractivity contribution in [3.05, 3.63) is 42.1 Å². The van der Waals surface area contributed by atoms with Gasteiger partial charge in [-0.3, -0.25) is 9.18 Å². The Morgan fingerprint density at radius 3 is 2.27 bits per heavy atom. The molecular formula is C20H30F2NO2Si. The van der Waals surface area contributed by atoms with Crippen LogP contribution in [0.25, 0.3) is 0 Å². The van der Waals surface area contributed by atoms with Crippen LogP contribution in [0.5, 0.6) is 0 Å². The van der Waals surface area contributed by atoms with E-state index >= 15 is 0 Å². The summed E-state index contributed by atoms with van der Waals surface area (Å²) in [6.07, 6.45) is 4.49. The van der Waals surface area contributed by atoms with E-state index in [1.807, 2.05) is 27.3 Å². The fourth-order valence-corrected chi connectivity index (χ4v) is 5.81. The van der Waals surface area contributed by atoms with Gasteiger partial charge in [-0.15, -0.1) is 0 Å². The lowest BCUT2D eigenvalue weighted by Gasteiger charge is -2.44. The molecule has 0 saturated heterocycles. The van der Waals surface area contributed by atoms with Crippen molar-refractivity contribution >= 4 is 13.8 Å². The van der Waals surface area contributed by atoms with Crippen molar-refractivity contribution < 1.29 is 18.0 Å². The SMILES string of the molecule is CC(C)(C)[Si](C)(OC1CCC([CH]CF)(c2ccc(F)cc2)CC1)C(N)=O. The van der Waals surface area contributed by atoms with Crippen LogP contribution in [0.15, 0.2) is 24.3 Å². The lowest BCUT2D eigenvalue weighted by Crippen LogP contribution is -2.57. The largest absolute Gasteiger partial charge is 0.404 e. The maximum atomic E-state index is 13.3. The standard InChI is InChI=1S/C20H30F2NO2Si/c1-19(2,3)26(4,18(23)24)25-17-9-11-20(12-10-17,13-14-21)15-5-7-16(22)8-6-15/h5-8,13,17H,9-12,14H2,1-4H3,(H2,23,24). The van der Waals surface area contributed by atoms with Gasteiger partial charge in [0.25, 0.3) is 8.32 Å². The Balaban J connectivity index is 2.15. The Kier molecular flexibility index (Phi) is 6.28. The van der Waals surface area contributed by atoms with Crippen molar-refractivity contribution in [1.29, 1.82) is 0 Å². The summed E-state index contributed by atoms with van der Waals surface area (Å²) in [7, 11) is -2.76. The molecule has 0 spiro atoms. The lowest BCUT2D eigenvalue weighted by molar-refractivity contribution is 0.110. The number of hydrogen-bond donors (Lipinski definition) is 1. The predicted octanol–water partition coefficient (Wildman–Crippen LogP) is 5.23. The van der Waals surface area contributed by atoms with Crippen molar-refractivity contribution in [2.75, 3.05) is 6.67 Å². The van der Waals surface area contributed by atoms with E-state index in [1.165, 1.54) is 12.1 Å². The van der Waals surface area contributed by atoms with Crippen molar-refractivity contribution in [2.45, 2.75) is 69.6 Å². The average Bonchev–Trinajstić information content (AvgIpc) is 2.56. The summed E-state index contributed by atoms with van der Waals surface area (Å²) < 4.78 is 32.8. The molecule has 1 fully saturated rings. The van der Waals surface area contributed by atoms with Gasteiger partial charge in [0.05, 0.1) is 6.67 Å². The molecule has 0 heterocycles. The van der Waals surface area contributed by atoms with E-state index < -0.39 is 20.4 Å². The molecule has 145 valence electrons. The number of benzene rings is 1. The molecule has 0 aliphatic heterocycles. The fraction of sp³-hybridized carbons (Fsp3) is 0.600. The topological polar surface area (TPSA) is 52.3 Å². The number of hydrogen-bond acceptors (Lipinski definition) is 2. The highest BCUT2D eigenvalue weighted by molar-refractivity contribution is 7.02. The van der Waals surface area contributed by atoms with Crippen molar-refractivity contribution in [1.82, 2.24) is 0 Å². The van der Waals surface area contributed by atoms with E-state index in [2.05, 4.69) is 0 Å². The third-order valence-corrected chi connectivity index (χ3v) is 10.6. The first-order chi connectivity index (χ1) is 12.0. The highest BCUT2D eigenvalue weighted by atomic mass is 28.4. The molecule has 1 aliphatic carbocycles. The van der Waals surface area contributed by atoms with Crippen LogP contribution in [0.3, 0.4) is 0 Å². The molecule has 2 rings (SSSR count). The number of amides is 1. The molecule has 1 radical (unpaired) electrons. The number of carbonyl (C=O) groups is 1. The van der Waals surface area contributed by atoms with Gasteiger partial charge in [-0.2, -0.15) is 0 Å². The minimum absolute atomic E-state index is 0.0556. The minimum atomic E-state index is -2.76. The van der Waals surface area contributed by atoms with E-state index in [0.29, 0.717) is 12.8 Å². The van der Waals surface area contributed by atoms with E-state index in [4.69, 9.17) is 10.2 Å². The number of rotatable bonds is 6. The van der Waals surface area contributed by atoms with Crippen LogP contribution in [0.2, 0.25) is 11.6 Å². The van der Waals surface area contributed by atoms with Gasteiger partial charge in [0.1, 0.15) is 5.82 Å².